The van der Waals surface area contributed by atoms with Crippen LogP contribution in [0.15, 0.2) is 33.9 Å². The monoisotopic (exact) mass is 304 g/mol. The molecule has 0 aromatic carbocycles. The molecule has 0 aromatic heterocycles. The third kappa shape index (κ3) is 1.79. The first kappa shape index (κ1) is 15.2. The van der Waals surface area contributed by atoms with Gasteiger partial charge in [-0.3, -0.25) is 9.59 Å². The van der Waals surface area contributed by atoms with E-state index in [0.717, 1.165) is 24.0 Å². The zero-order chi connectivity index (χ0) is 16.3. The van der Waals surface area contributed by atoms with Crippen LogP contribution in [0.5, 0.6) is 0 Å². The number of carbonyl (C=O) groups excluding carboxylic acids is 2. The zero-order valence-corrected chi connectivity index (χ0v) is 13.0. The maximum atomic E-state index is 12.7. The summed E-state index contributed by atoms with van der Waals surface area (Å²) in [4.78, 5) is 23.7. The number of ether oxygens (including phenoxy) is 1. The summed E-state index contributed by atoms with van der Waals surface area (Å²) >= 11 is 0. The normalized spacial score (nSPS) is 29.0. The van der Waals surface area contributed by atoms with Crippen molar-refractivity contribution in [3.63, 3.8) is 0 Å². The highest BCUT2D eigenvalue weighted by atomic mass is 16.5. The maximum Gasteiger partial charge on any atom is 0.302 e. The third-order valence-electron chi connectivity index (χ3n) is 5.33. The molecule has 1 spiro atoms. The molecule has 118 valence electrons. The van der Waals surface area contributed by atoms with Crippen molar-refractivity contribution in [3.8, 4) is 0 Å². The summed E-state index contributed by atoms with van der Waals surface area (Å²) in [5, 5.41) is 20.4. The molecular weight excluding hydrogens is 284 g/mol. The molecule has 1 fully saturated rings. The molecule has 0 amide bonds. The molecule has 0 radical (unpaired) electrons. The molecule has 22 heavy (non-hydrogen) atoms. The van der Waals surface area contributed by atoms with Gasteiger partial charge in [0, 0.05) is 17.9 Å². The minimum absolute atomic E-state index is 0.0218. The summed E-state index contributed by atoms with van der Waals surface area (Å²) in [6.45, 7) is 4.60. The van der Waals surface area contributed by atoms with Crippen LogP contribution in [0.1, 0.15) is 33.6 Å². The lowest BCUT2D eigenvalue weighted by molar-refractivity contribution is -0.140. The van der Waals surface area contributed by atoms with E-state index < -0.39 is 17.0 Å². The van der Waals surface area contributed by atoms with E-state index in [9.17, 15) is 19.8 Å². The van der Waals surface area contributed by atoms with Gasteiger partial charge in [0.25, 0.3) is 0 Å². The van der Waals surface area contributed by atoms with Crippen LogP contribution < -0.4 is 0 Å². The molecule has 0 unspecified atom stereocenters. The highest BCUT2D eigenvalue weighted by molar-refractivity contribution is 6.10. The van der Waals surface area contributed by atoms with Gasteiger partial charge in [0.2, 0.25) is 0 Å². The molecule has 3 aliphatic rings. The van der Waals surface area contributed by atoms with Crippen molar-refractivity contribution in [1.29, 1.82) is 0 Å². The van der Waals surface area contributed by atoms with Crippen LogP contribution in [0.25, 0.3) is 0 Å². The molecule has 0 heterocycles. The van der Waals surface area contributed by atoms with Crippen molar-refractivity contribution in [2.75, 3.05) is 13.2 Å². The van der Waals surface area contributed by atoms with Gasteiger partial charge in [0.15, 0.2) is 5.78 Å². The van der Waals surface area contributed by atoms with E-state index in [4.69, 9.17) is 4.74 Å². The number of carbonyl (C=O) groups is 2. The second-order valence-electron chi connectivity index (χ2n) is 6.48. The standard InChI is InChI=1S/C17H20O5/c1-9-14-12(15(20)16(3,21)17(9)4-5-17)6-11(13(14)7-18)8-22-10(2)19/h6,18,21H,4-5,7-8H2,1-3H3/t16-/m0/s1. The highest BCUT2D eigenvalue weighted by Crippen LogP contribution is 2.64. The van der Waals surface area contributed by atoms with E-state index in [1.165, 1.54) is 6.92 Å². The quantitative estimate of drug-likeness (QED) is 0.766. The number of fused-ring (bicyclic) bond motifs is 1. The Hall–Kier alpha value is -1.72. The molecule has 3 aliphatic carbocycles. The van der Waals surface area contributed by atoms with Gasteiger partial charge in [-0.1, -0.05) is 5.57 Å². The summed E-state index contributed by atoms with van der Waals surface area (Å²) in [5.74, 6) is -0.727. The lowest BCUT2D eigenvalue weighted by atomic mass is 9.67. The van der Waals surface area contributed by atoms with Gasteiger partial charge in [-0.25, -0.2) is 0 Å². The fourth-order valence-electron chi connectivity index (χ4n) is 3.82. The summed E-state index contributed by atoms with van der Waals surface area (Å²) in [6, 6.07) is 0. The Balaban J connectivity index is 2.11. The van der Waals surface area contributed by atoms with Gasteiger partial charge in [-0.15, -0.1) is 0 Å². The average Bonchev–Trinajstić information content (AvgIpc) is 3.18. The van der Waals surface area contributed by atoms with Crippen LogP contribution in [0.4, 0.5) is 0 Å². The molecular formula is C17H20O5. The molecule has 1 saturated carbocycles. The first-order chi connectivity index (χ1) is 10.3. The summed E-state index contributed by atoms with van der Waals surface area (Å²) in [5.41, 5.74) is 1.45. The smallest absolute Gasteiger partial charge is 0.302 e. The number of rotatable bonds is 3. The van der Waals surface area contributed by atoms with E-state index in [1.54, 1.807) is 13.0 Å². The number of Topliss-reactive ketones (excluding diaryl/α,β-unsaturated/α-hetero) is 1. The maximum absolute atomic E-state index is 12.7. The van der Waals surface area contributed by atoms with E-state index in [1.807, 2.05) is 6.92 Å². The van der Waals surface area contributed by atoms with Crippen LogP contribution in [0, 0.1) is 5.41 Å². The second kappa shape index (κ2) is 4.64. The van der Waals surface area contributed by atoms with Crippen molar-refractivity contribution in [2.24, 2.45) is 5.41 Å². The third-order valence-corrected chi connectivity index (χ3v) is 5.33. The Labute approximate surface area is 129 Å². The van der Waals surface area contributed by atoms with E-state index in [2.05, 4.69) is 0 Å². The van der Waals surface area contributed by atoms with Crippen LogP contribution in [0.3, 0.4) is 0 Å². The Bertz CT molecular complexity index is 671. The predicted molar refractivity (Wildman–Crippen MR) is 78.8 cm³/mol. The number of ketones is 1. The predicted octanol–water partition coefficient (Wildman–Crippen LogP) is 1.21. The fraction of sp³-hybridized carbons (Fsp3) is 0.529. The lowest BCUT2D eigenvalue weighted by Gasteiger charge is -2.39. The highest BCUT2D eigenvalue weighted by Gasteiger charge is 2.65. The van der Waals surface area contributed by atoms with Crippen molar-refractivity contribution < 1.29 is 24.5 Å². The molecule has 2 N–H and O–H groups in total. The van der Waals surface area contributed by atoms with E-state index >= 15 is 0 Å². The Morgan fingerprint density at radius 2 is 2.05 bits per heavy atom. The van der Waals surface area contributed by atoms with Gasteiger partial charge in [-0.2, -0.15) is 0 Å². The first-order valence-corrected chi connectivity index (χ1v) is 7.43. The van der Waals surface area contributed by atoms with Crippen molar-refractivity contribution in [2.45, 2.75) is 39.2 Å². The van der Waals surface area contributed by atoms with Crippen molar-refractivity contribution in [1.82, 2.24) is 0 Å². The number of aliphatic hydroxyl groups excluding tert-OH is 1. The first-order valence-electron chi connectivity index (χ1n) is 7.43. The molecule has 5 heteroatoms. The molecule has 0 bridgehead atoms. The SMILES string of the molecule is CC(=O)OCC1=C(CO)C2=C(C)C3(CC3)[C@@](C)(O)C(=O)C2=C1. The van der Waals surface area contributed by atoms with Crippen molar-refractivity contribution >= 4 is 11.8 Å². The van der Waals surface area contributed by atoms with Gasteiger partial charge >= 0.3 is 5.97 Å². The zero-order valence-electron chi connectivity index (χ0n) is 13.0. The molecule has 1 atom stereocenters. The van der Waals surface area contributed by atoms with Crippen LogP contribution in [-0.4, -0.2) is 40.8 Å². The van der Waals surface area contributed by atoms with E-state index in [0.29, 0.717) is 16.7 Å². The Morgan fingerprint density at radius 3 is 2.55 bits per heavy atom. The van der Waals surface area contributed by atoms with Gasteiger partial charge in [0.05, 0.1) is 6.61 Å². The minimum Gasteiger partial charge on any atom is -0.461 e. The molecule has 0 aromatic rings. The Morgan fingerprint density at radius 1 is 1.41 bits per heavy atom. The Kier molecular flexibility index (Phi) is 3.20. The van der Waals surface area contributed by atoms with Crippen LogP contribution >= 0.6 is 0 Å². The topological polar surface area (TPSA) is 83.8 Å². The number of hydrogen-bond acceptors (Lipinski definition) is 5. The molecule has 5 nitrogen and oxygen atoms in total. The van der Waals surface area contributed by atoms with Gasteiger partial charge < -0.3 is 14.9 Å². The minimum atomic E-state index is -1.41. The van der Waals surface area contributed by atoms with Gasteiger partial charge in [0.1, 0.15) is 12.2 Å². The van der Waals surface area contributed by atoms with Crippen LogP contribution in [-0.2, 0) is 14.3 Å². The largest absolute Gasteiger partial charge is 0.461 e. The summed E-state index contributed by atoms with van der Waals surface area (Å²) < 4.78 is 5.01. The number of aliphatic hydroxyl groups is 2. The van der Waals surface area contributed by atoms with E-state index in [-0.39, 0.29) is 19.0 Å². The van der Waals surface area contributed by atoms with Crippen LogP contribution in [0.2, 0.25) is 0 Å². The molecule has 3 rings (SSSR count). The number of esters is 1. The molecule has 0 saturated heterocycles. The van der Waals surface area contributed by atoms with Gasteiger partial charge in [-0.05, 0) is 49.5 Å². The van der Waals surface area contributed by atoms with Crippen molar-refractivity contribution in [3.05, 3.63) is 33.9 Å². The summed E-state index contributed by atoms with van der Waals surface area (Å²) in [6.07, 6.45) is 3.18. The number of hydrogen-bond donors (Lipinski definition) is 2. The lowest BCUT2D eigenvalue weighted by Crippen LogP contribution is -2.49. The second-order valence-corrected chi connectivity index (χ2v) is 6.48. The average molecular weight is 304 g/mol. The fourth-order valence-corrected chi connectivity index (χ4v) is 3.82. The molecule has 0 aliphatic heterocycles. The summed E-state index contributed by atoms with van der Waals surface area (Å²) in [7, 11) is 0.